The second-order valence-electron chi connectivity index (χ2n) is 3.71. The van der Waals surface area contributed by atoms with Gasteiger partial charge >= 0.3 is 0 Å². The van der Waals surface area contributed by atoms with Gasteiger partial charge in [0.25, 0.3) is 0 Å². The molecule has 2 N–H and O–H groups in total. The maximum absolute atomic E-state index is 6.10. The third-order valence-electron chi connectivity index (χ3n) is 2.43. The number of anilines is 2. The molecular weight excluding hydrogens is 236 g/mol. The molecule has 0 aliphatic heterocycles. The van der Waals surface area contributed by atoms with E-state index in [9.17, 15) is 0 Å². The standard InChI is InChI=1S/C12H13ClN4/c1-17(12-11(14)15-6-7-16-12)8-9-4-2-3-5-10(9)13/h2-7H,8H2,1H3,(H2,14,15). The number of aromatic nitrogens is 2. The largest absolute Gasteiger partial charge is 0.381 e. The van der Waals surface area contributed by atoms with Crippen LogP contribution in [0.1, 0.15) is 5.56 Å². The summed E-state index contributed by atoms with van der Waals surface area (Å²) < 4.78 is 0. The Labute approximate surface area is 105 Å². The fourth-order valence-electron chi connectivity index (χ4n) is 1.59. The molecule has 0 saturated heterocycles. The fraction of sp³-hybridized carbons (Fsp3) is 0.167. The summed E-state index contributed by atoms with van der Waals surface area (Å²) in [6.45, 7) is 0.641. The third-order valence-corrected chi connectivity index (χ3v) is 2.80. The molecule has 1 aromatic heterocycles. The van der Waals surface area contributed by atoms with Crippen LogP contribution in [0.4, 0.5) is 11.6 Å². The molecule has 1 heterocycles. The highest BCUT2D eigenvalue weighted by molar-refractivity contribution is 6.31. The van der Waals surface area contributed by atoms with Crippen LogP contribution < -0.4 is 10.6 Å². The molecule has 2 aromatic rings. The topological polar surface area (TPSA) is 55.0 Å². The van der Waals surface area contributed by atoms with Gasteiger partial charge in [-0.05, 0) is 11.6 Å². The summed E-state index contributed by atoms with van der Waals surface area (Å²) in [7, 11) is 1.91. The molecule has 0 amide bonds. The highest BCUT2D eigenvalue weighted by atomic mass is 35.5. The van der Waals surface area contributed by atoms with Gasteiger partial charge in [-0.2, -0.15) is 0 Å². The van der Waals surface area contributed by atoms with E-state index in [2.05, 4.69) is 9.97 Å². The lowest BCUT2D eigenvalue weighted by Crippen LogP contribution is -2.19. The first kappa shape index (κ1) is 11.7. The number of halogens is 1. The van der Waals surface area contributed by atoms with Gasteiger partial charge in [0.2, 0.25) is 0 Å². The smallest absolute Gasteiger partial charge is 0.171 e. The molecule has 4 nitrogen and oxygen atoms in total. The van der Waals surface area contributed by atoms with Gasteiger partial charge in [-0.25, -0.2) is 9.97 Å². The van der Waals surface area contributed by atoms with Crippen molar-refractivity contribution in [3.8, 4) is 0 Å². The monoisotopic (exact) mass is 248 g/mol. The molecule has 0 fully saturated rings. The van der Waals surface area contributed by atoms with Gasteiger partial charge in [-0.15, -0.1) is 0 Å². The molecule has 0 unspecified atom stereocenters. The maximum Gasteiger partial charge on any atom is 0.171 e. The van der Waals surface area contributed by atoms with Gasteiger partial charge in [-0.3, -0.25) is 0 Å². The molecule has 5 heteroatoms. The minimum atomic E-state index is 0.419. The Bertz CT molecular complexity index is 515. The predicted octanol–water partition coefficient (Wildman–Crippen LogP) is 2.35. The van der Waals surface area contributed by atoms with E-state index in [-0.39, 0.29) is 0 Å². The number of nitrogens with two attached hydrogens (primary N) is 1. The normalized spacial score (nSPS) is 10.2. The SMILES string of the molecule is CN(Cc1ccccc1Cl)c1nccnc1N. The van der Waals surface area contributed by atoms with Crippen LogP contribution in [0.3, 0.4) is 0 Å². The Balaban J connectivity index is 2.20. The quantitative estimate of drug-likeness (QED) is 0.906. The van der Waals surface area contributed by atoms with Crippen molar-refractivity contribution in [2.24, 2.45) is 0 Å². The zero-order valence-electron chi connectivity index (χ0n) is 9.47. The second-order valence-corrected chi connectivity index (χ2v) is 4.12. The maximum atomic E-state index is 6.10. The van der Waals surface area contributed by atoms with Crippen LogP contribution in [-0.2, 0) is 6.54 Å². The number of nitrogen functional groups attached to an aromatic ring is 1. The molecule has 88 valence electrons. The average Bonchev–Trinajstić information content (AvgIpc) is 2.32. The minimum Gasteiger partial charge on any atom is -0.381 e. The van der Waals surface area contributed by atoms with Crippen LogP contribution in [0, 0.1) is 0 Å². The molecule has 0 spiro atoms. The number of benzene rings is 1. The van der Waals surface area contributed by atoms with E-state index in [0.29, 0.717) is 18.2 Å². The summed E-state index contributed by atoms with van der Waals surface area (Å²) in [4.78, 5) is 10.1. The number of hydrogen-bond acceptors (Lipinski definition) is 4. The molecule has 17 heavy (non-hydrogen) atoms. The number of rotatable bonds is 3. The molecule has 0 radical (unpaired) electrons. The van der Waals surface area contributed by atoms with Gasteiger partial charge in [0.15, 0.2) is 11.6 Å². The summed E-state index contributed by atoms with van der Waals surface area (Å²) in [5.74, 6) is 1.08. The van der Waals surface area contributed by atoms with Crippen LogP contribution in [0.25, 0.3) is 0 Å². The summed E-state index contributed by atoms with van der Waals surface area (Å²) >= 11 is 6.10. The van der Waals surface area contributed by atoms with Gasteiger partial charge < -0.3 is 10.6 Å². The van der Waals surface area contributed by atoms with E-state index in [1.807, 2.05) is 36.2 Å². The van der Waals surface area contributed by atoms with Crippen LogP contribution >= 0.6 is 11.6 Å². The number of nitrogens with zero attached hydrogens (tertiary/aromatic N) is 3. The zero-order chi connectivity index (χ0) is 12.3. The van der Waals surface area contributed by atoms with Gasteiger partial charge in [0.05, 0.1) is 0 Å². The lowest BCUT2D eigenvalue weighted by molar-refractivity contribution is 0.893. The highest BCUT2D eigenvalue weighted by Crippen LogP contribution is 2.21. The van der Waals surface area contributed by atoms with Crippen LogP contribution in [0.2, 0.25) is 5.02 Å². The van der Waals surface area contributed by atoms with Crippen LogP contribution in [0.15, 0.2) is 36.7 Å². The summed E-state index contributed by atoms with van der Waals surface area (Å²) in [6, 6.07) is 7.70. The van der Waals surface area contributed by atoms with Gasteiger partial charge in [0.1, 0.15) is 0 Å². The van der Waals surface area contributed by atoms with E-state index < -0.39 is 0 Å². The van der Waals surface area contributed by atoms with E-state index in [1.165, 1.54) is 0 Å². The van der Waals surface area contributed by atoms with Crippen LogP contribution in [-0.4, -0.2) is 17.0 Å². The fourth-order valence-corrected chi connectivity index (χ4v) is 1.79. The van der Waals surface area contributed by atoms with Crippen LogP contribution in [0.5, 0.6) is 0 Å². The van der Waals surface area contributed by atoms with Gasteiger partial charge in [0, 0.05) is 31.0 Å². The van der Waals surface area contributed by atoms with Crippen molar-refractivity contribution in [3.63, 3.8) is 0 Å². The van der Waals surface area contributed by atoms with Crippen molar-refractivity contribution in [1.82, 2.24) is 9.97 Å². The zero-order valence-corrected chi connectivity index (χ0v) is 10.2. The Kier molecular flexibility index (Phi) is 3.44. The molecule has 0 aliphatic rings. The molecule has 0 saturated carbocycles. The lowest BCUT2D eigenvalue weighted by atomic mass is 10.2. The minimum absolute atomic E-state index is 0.419. The summed E-state index contributed by atoms with van der Waals surface area (Å²) in [6.07, 6.45) is 3.19. The van der Waals surface area contributed by atoms with Crippen molar-refractivity contribution in [2.45, 2.75) is 6.54 Å². The van der Waals surface area contributed by atoms with Crippen molar-refractivity contribution in [1.29, 1.82) is 0 Å². The van der Waals surface area contributed by atoms with Crippen molar-refractivity contribution < 1.29 is 0 Å². The Morgan fingerprint density at radius 3 is 2.65 bits per heavy atom. The van der Waals surface area contributed by atoms with E-state index in [1.54, 1.807) is 12.4 Å². The first-order chi connectivity index (χ1) is 8.18. The first-order valence-electron chi connectivity index (χ1n) is 5.19. The van der Waals surface area contributed by atoms with E-state index in [4.69, 9.17) is 17.3 Å². The van der Waals surface area contributed by atoms with Crippen molar-refractivity contribution in [3.05, 3.63) is 47.2 Å². The van der Waals surface area contributed by atoms with E-state index in [0.717, 1.165) is 10.6 Å². The predicted molar refractivity (Wildman–Crippen MR) is 70.0 cm³/mol. The summed E-state index contributed by atoms with van der Waals surface area (Å²) in [5.41, 5.74) is 6.79. The lowest BCUT2D eigenvalue weighted by Gasteiger charge is -2.19. The average molecular weight is 249 g/mol. The van der Waals surface area contributed by atoms with Gasteiger partial charge in [-0.1, -0.05) is 29.8 Å². The molecular formula is C12H13ClN4. The highest BCUT2D eigenvalue weighted by Gasteiger charge is 2.09. The Hall–Kier alpha value is -1.81. The molecule has 0 atom stereocenters. The van der Waals surface area contributed by atoms with E-state index >= 15 is 0 Å². The Morgan fingerprint density at radius 1 is 1.24 bits per heavy atom. The third kappa shape index (κ3) is 2.65. The second kappa shape index (κ2) is 5.01. The van der Waals surface area contributed by atoms with Crippen molar-refractivity contribution in [2.75, 3.05) is 17.7 Å². The molecule has 1 aromatic carbocycles. The van der Waals surface area contributed by atoms with Crippen molar-refractivity contribution >= 4 is 23.2 Å². The molecule has 0 aliphatic carbocycles. The molecule has 2 rings (SSSR count). The Morgan fingerprint density at radius 2 is 1.94 bits per heavy atom. The number of hydrogen-bond donors (Lipinski definition) is 1. The first-order valence-corrected chi connectivity index (χ1v) is 5.57. The molecule has 0 bridgehead atoms. The summed E-state index contributed by atoms with van der Waals surface area (Å²) in [5, 5.41) is 0.738.